The second kappa shape index (κ2) is 7.91. The Labute approximate surface area is 170 Å². The van der Waals surface area contributed by atoms with Crippen molar-refractivity contribution >= 4 is 22.8 Å². The molecular formula is C22H26FN5O. The Morgan fingerprint density at radius 3 is 2.93 bits per heavy atom. The van der Waals surface area contributed by atoms with Crippen molar-refractivity contribution in [2.45, 2.75) is 46.2 Å². The number of fused-ring (bicyclic) bond motifs is 2. The highest BCUT2D eigenvalue weighted by Gasteiger charge is 2.25. The number of aliphatic imine (C=N–C) groups is 1. The van der Waals surface area contributed by atoms with Gasteiger partial charge in [0.2, 0.25) is 0 Å². The minimum atomic E-state index is -0.298. The number of anilines is 1. The van der Waals surface area contributed by atoms with Crippen LogP contribution in [0.1, 0.15) is 44.4 Å². The molecule has 1 atom stereocenters. The highest BCUT2D eigenvalue weighted by molar-refractivity contribution is 5.93. The third-order valence-electron chi connectivity index (χ3n) is 5.11. The van der Waals surface area contributed by atoms with Crippen LogP contribution in [0.5, 0.6) is 6.01 Å². The van der Waals surface area contributed by atoms with Crippen molar-refractivity contribution < 1.29 is 9.13 Å². The first kappa shape index (κ1) is 19.5. The maximum absolute atomic E-state index is 15.0. The molecule has 2 aliphatic rings. The molecule has 6 nitrogen and oxygen atoms in total. The van der Waals surface area contributed by atoms with Crippen LogP contribution >= 0.6 is 0 Å². The van der Waals surface area contributed by atoms with Gasteiger partial charge in [0.05, 0.1) is 6.61 Å². The summed E-state index contributed by atoms with van der Waals surface area (Å²) in [6.45, 7) is 9.17. The van der Waals surface area contributed by atoms with Gasteiger partial charge in [-0.1, -0.05) is 19.9 Å². The first-order valence-electron chi connectivity index (χ1n) is 10.0. The SMILES string of the molecule is CCOc1ncc2c(n1)NCC=C2c1cc(F)c2c(c1)CC(NC(C)C)C(C)=N2. The first-order chi connectivity index (χ1) is 14.0. The number of aromatic nitrogens is 2. The number of hydrogen-bond donors (Lipinski definition) is 2. The van der Waals surface area contributed by atoms with Crippen LogP contribution in [0, 0.1) is 5.82 Å². The van der Waals surface area contributed by atoms with Crippen molar-refractivity contribution in [1.29, 1.82) is 0 Å². The average Bonchev–Trinajstić information content (AvgIpc) is 2.68. The summed E-state index contributed by atoms with van der Waals surface area (Å²) in [7, 11) is 0. The lowest BCUT2D eigenvalue weighted by Crippen LogP contribution is -2.42. The van der Waals surface area contributed by atoms with Crippen molar-refractivity contribution in [3.8, 4) is 6.01 Å². The molecule has 0 radical (unpaired) electrons. The molecular weight excluding hydrogens is 369 g/mol. The van der Waals surface area contributed by atoms with Gasteiger partial charge >= 0.3 is 6.01 Å². The summed E-state index contributed by atoms with van der Waals surface area (Å²) in [5, 5.41) is 6.75. The molecule has 1 unspecified atom stereocenters. The predicted molar refractivity (Wildman–Crippen MR) is 114 cm³/mol. The second-order valence-corrected chi connectivity index (χ2v) is 7.64. The summed E-state index contributed by atoms with van der Waals surface area (Å²) < 4.78 is 20.4. The molecule has 3 heterocycles. The van der Waals surface area contributed by atoms with Gasteiger partial charge in [-0.2, -0.15) is 4.98 Å². The quantitative estimate of drug-likeness (QED) is 0.804. The third kappa shape index (κ3) is 3.87. The predicted octanol–water partition coefficient (Wildman–Crippen LogP) is 3.89. The van der Waals surface area contributed by atoms with Gasteiger partial charge in [0.15, 0.2) is 0 Å². The second-order valence-electron chi connectivity index (χ2n) is 7.64. The fraction of sp³-hybridized carbons (Fsp3) is 0.409. The molecule has 4 rings (SSSR count). The molecule has 0 amide bonds. The van der Waals surface area contributed by atoms with Gasteiger partial charge in [-0.25, -0.2) is 9.37 Å². The van der Waals surface area contributed by atoms with E-state index in [1.807, 2.05) is 26.0 Å². The summed E-state index contributed by atoms with van der Waals surface area (Å²) in [6.07, 6.45) is 4.48. The largest absolute Gasteiger partial charge is 0.464 e. The minimum Gasteiger partial charge on any atom is -0.464 e. The van der Waals surface area contributed by atoms with E-state index in [0.717, 1.165) is 28.0 Å². The number of rotatable bonds is 5. The Hall–Kier alpha value is -2.80. The molecule has 0 saturated carbocycles. The Balaban J connectivity index is 1.72. The molecule has 0 fully saturated rings. The maximum Gasteiger partial charge on any atom is 0.318 e. The fourth-order valence-corrected chi connectivity index (χ4v) is 3.83. The van der Waals surface area contributed by atoms with Gasteiger partial charge in [-0.15, -0.1) is 0 Å². The zero-order chi connectivity index (χ0) is 20.5. The fourth-order valence-electron chi connectivity index (χ4n) is 3.83. The molecule has 2 aromatic rings. The van der Waals surface area contributed by atoms with Crippen molar-refractivity contribution in [2.75, 3.05) is 18.5 Å². The van der Waals surface area contributed by atoms with Gasteiger partial charge in [0, 0.05) is 36.1 Å². The zero-order valence-electron chi connectivity index (χ0n) is 17.2. The molecule has 0 spiro atoms. The van der Waals surface area contributed by atoms with Crippen molar-refractivity contribution in [3.05, 3.63) is 46.9 Å². The van der Waals surface area contributed by atoms with Crippen LogP contribution in [0.15, 0.2) is 29.4 Å². The van der Waals surface area contributed by atoms with E-state index in [1.165, 1.54) is 0 Å². The third-order valence-corrected chi connectivity index (χ3v) is 5.11. The number of hydrogen-bond acceptors (Lipinski definition) is 6. The van der Waals surface area contributed by atoms with Crippen LogP contribution in [0.4, 0.5) is 15.9 Å². The minimum absolute atomic E-state index is 0.114. The monoisotopic (exact) mass is 395 g/mol. The van der Waals surface area contributed by atoms with Crippen LogP contribution < -0.4 is 15.4 Å². The number of ether oxygens (including phenoxy) is 1. The molecule has 2 N–H and O–H groups in total. The van der Waals surface area contributed by atoms with Crippen LogP contribution in [0.2, 0.25) is 0 Å². The van der Waals surface area contributed by atoms with Gasteiger partial charge in [0.25, 0.3) is 0 Å². The molecule has 0 bridgehead atoms. The molecule has 0 aliphatic carbocycles. The number of benzene rings is 1. The summed E-state index contributed by atoms with van der Waals surface area (Å²) in [4.78, 5) is 13.3. The average molecular weight is 395 g/mol. The lowest BCUT2D eigenvalue weighted by Gasteiger charge is -2.27. The van der Waals surface area contributed by atoms with Crippen molar-refractivity contribution in [2.24, 2.45) is 4.99 Å². The van der Waals surface area contributed by atoms with E-state index in [4.69, 9.17) is 4.74 Å². The first-order valence-corrected chi connectivity index (χ1v) is 10.0. The van der Waals surface area contributed by atoms with Crippen LogP contribution in [-0.2, 0) is 6.42 Å². The molecule has 7 heteroatoms. The Kier molecular flexibility index (Phi) is 5.32. The molecule has 2 aliphatic heterocycles. The summed E-state index contributed by atoms with van der Waals surface area (Å²) in [5.41, 5.74) is 4.85. The normalized spacial score (nSPS) is 17.8. The lowest BCUT2D eigenvalue weighted by atomic mass is 9.90. The standard InChI is InChI=1S/C22H26FN5O/c1-5-29-22-25-11-17-16(6-7-24-21(17)28-22)14-8-15-10-19(26-12(2)3)13(4)27-20(15)18(23)9-14/h6,8-9,11-12,19,26H,5,7,10H2,1-4H3,(H,24,25,28). The van der Waals surface area contributed by atoms with Crippen LogP contribution in [0.3, 0.4) is 0 Å². The van der Waals surface area contributed by atoms with Crippen molar-refractivity contribution in [1.82, 2.24) is 15.3 Å². The van der Waals surface area contributed by atoms with Gasteiger partial charge < -0.3 is 15.4 Å². The Bertz CT molecular complexity index is 999. The van der Waals surface area contributed by atoms with E-state index in [0.29, 0.717) is 43.1 Å². The van der Waals surface area contributed by atoms with Gasteiger partial charge in [0.1, 0.15) is 17.3 Å². The number of nitrogens with one attached hydrogen (secondary N) is 2. The molecule has 29 heavy (non-hydrogen) atoms. The topological polar surface area (TPSA) is 71.4 Å². The van der Waals surface area contributed by atoms with E-state index in [-0.39, 0.29) is 11.9 Å². The molecule has 1 aromatic carbocycles. The van der Waals surface area contributed by atoms with E-state index < -0.39 is 0 Å². The van der Waals surface area contributed by atoms with Crippen LogP contribution in [0.25, 0.3) is 5.57 Å². The Morgan fingerprint density at radius 1 is 1.34 bits per heavy atom. The van der Waals surface area contributed by atoms with Crippen molar-refractivity contribution in [3.63, 3.8) is 0 Å². The molecule has 152 valence electrons. The van der Waals surface area contributed by atoms with E-state index >= 15 is 0 Å². The van der Waals surface area contributed by atoms with Gasteiger partial charge in [-0.05, 0) is 49.1 Å². The smallest absolute Gasteiger partial charge is 0.318 e. The zero-order valence-corrected chi connectivity index (χ0v) is 17.2. The molecule has 0 saturated heterocycles. The highest BCUT2D eigenvalue weighted by atomic mass is 19.1. The van der Waals surface area contributed by atoms with E-state index in [9.17, 15) is 4.39 Å². The van der Waals surface area contributed by atoms with Gasteiger partial charge in [-0.3, -0.25) is 4.99 Å². The lowest BCUT2D eigenvalue weighted by molar-refractivity contribution is 0.313. The van der Waals surface area contributed by atoms with E-state index in [1.54, 1.807) is 12.3 Å². The summed E-state index contributed by atoms with van der Waals surface area (Å²) in [5.74, 6) is 0.403. The number of nitrogens with zero attached hydrogens (tertiary/aromatic N) is 3. The summed E-state index contributed by atoms with van der Waals surface area (Å²) in [6, 6.07) is 4.38. The number of halogens is 1. The van der Waals surface area contributed by atoms with Crippen LogP contribution in [-0.4, -0.2) is 40.9 Å². The maximum atomic E-state index is 15.0. The molecule has 1 aromatic heterocycles. The van der Waals surface area contributed by atoms with E-state index in [2.05, 4.69) is 39.4 Å². The Morgan fingerprint density at radius 2 is 2.17 bits per heavy atom. The summed E-state index contributed by atoms with van der Waals surface area (Å²) >= 11 is 0. The highest BCUT2D eigenvalue weighted by Crippen LogP contribution is 2.37.